The largest absolute Gasteiger partial charge is 0.495 e. The maximum absolute atomic E-state index is 5.79. The van der Waals surface area contributed by atoms with Crippen molar-refractivity contribution in [2.45, 2.75) is 17.6 Å². The van der Waals surface area contributed by atoms with E-state index < -0.39 is 0 Å². The molecule has 0 aliphatic heterocycles. The molecule has 0 aliphatic rings. The van der Waals surface area contributed by atoms with Crippen molar-refractivity contribution in [3.8, 4) is 5.75 Å². The van der Waals surface area contributed by atoms with E-state index in [4.69, 9.17) is 10.5 Å². The van der Waals surface area contributed by atoms with Gasteiger partial charge in [-0.2, -0.15) is 0 Å². The van der Waals surface area contributed by atoms with E-state index >= 15 is 0 Å². The molecule has 0 saturated carbocycles. The second-order valence-corrected chi connectivity index (χ2v) is 5.23. The maximum atomic E-state index is 5.79. The third kappa shape index (κ3) is 3.20. The summed E-state index contributed by atoms with van der Waals surface area (Å²) in [7, 11) is 1.64. The molecule has 2 rings (SSSR count). The van der Waals surface area contributed by atoms with Gasteiger partial charge in [0.1, 0.15) is 5.75 Å². The van der Waals surface area contributed by atoms with Gasteiger partial charge in [-0.05, 0) is 30.7 Å². The van der Waals surface area contributed by atoms with Gasteiger partial charge in [0, 0.05) is 10.6 Å². The molecule has 2 N–H and O–H groups in total. The van der Waals surface area contributed by atoms with E-state index in [9.17, 15) is 0 Å². The smallest absolute Gasteiger partial charge is 0.142 e. The summed E-state index contributed by atoms with van der Waals surface area (Å²) in [5.41, 5.74) is 9.09. The summed E-state index contributed by atoms with van der Waals surface area (Å²) in [6.07, 6.45) is 0. The highest BCUT2D eigenvalue weighted by molar-refractivity contribution is 7.98. The first-order valence-electron chi connectivity index (χ1n) is 5.81. The average Bonchev–Trinajstić information content (AvgIpc) is 2.38. The average molecular weight is 259 g/mol. The van der Waals surface area contributed by atoms with Crippen LogP contribution in [-0.2, 0) is 5.75 Å². The first kappa shape index (κ1) is 12.8. The molecule has 0 amide bonds. The van der Waals surface area contributed by atoms with Crippen LogP contribution >= 0.6 is 11.8 Å². The third-order valence-electron chi connectivity index (χ3n) is 2.69. The normalized spacial score (nSPS) is 10.3. The van der Waals surface area contributed by atoms with Crippen molar-refractivity contribution in [1.82, 2.24) is 0 Å². The zero-order valence-electron chi connectivity index (χ0n) is 10.6. The summed E-state index contributed by atoms with van der Waals surface area (Å²) in [6.45, 7) is 2.11. The van der Waals surface area contributed by atoms with Gasteiger partial charge in [-0.15, -0.1) is 11.8 Å². The lowest BCUT2D eigenvalue weighted by Crippen LogP contribution is -1.92. The Hall–Kier alpha value is -1.61. The van der Waals surface area contributed by atoms with Gasteiger partial charge < -0.3 is 10.5 Å². The minimum atomic E-state index is 0.678. The molecular weight excluding hydrogens is 242 g/mol. The van der Waals surface area contributed by atoms with Crippen molar-refractivity contribution in [3.63, 3.8) is 0 Å². The van der Waals surface area contributed by atoms with E-state index in [0.717, 1.165) is 11.5 Å². The molecule has 0 spiro atoms. The van der Waals surface area contributed by atoms with Crippen LogP contribution < -0.4 is 10.5 Å². The highest BCUT2D eigenvalue weighted by Crippen LogP contribution is 2.30. The van der Waals surface area contributed by atoms with Gasteiger partial charge >= 0.3 is 0 Å². The molecule has 0 aliphatic carbocycles. The van der Waals surface area contributed by atoms with Crippen molar-refractivity contribution in [2.24, 2.45) is 0 Å². The fourth-order valence-corrected chi connectivity index (χ4v) is 2.62. The molecule has 2 aromatic carbocycles. The standard InChI is InChI=1S/C15H17NOS/c1-11-4-3-5-12(8-11)10-18-13-6-7-14(16)15(9-13)17-2/h3-9H,10,16H2,1-2H3. The number of methoxy groups -OCH3 is 1. The van der Waals surface area contributed by atoms with Gasteiger partial charge in [0.2, 0.25) is 0 Å². The number of thioether (sulfide) groups is 1. The van der Waals surface area contributed by atoms with Crippen LogP contribution in [0.1, 0.15) is 11.1 Å². The van der Waals surface area contributed by atoms with Gasteiger partial charge in [-0.25, -0.2) is 0 Å². The number of anilines is 1. The Morgan fingerprint density at radius 2 is 2.00 bits per heavy atom. The zero-order valence-corrected chi connectivity index (χ0v) is 11.5. The van der Waals surface area contributed by atoms with Crippen LogP contribution in [-0.4, -0.2) is 7.11 Å². The first-order valence-corrected chi connectivity index (χ1v) is 6.79. The van der Waals surface area contributed by atoms with E-state index in [1.165, 1.54) is 16.0 Å². The molecule has 0 radical (unpaired) electrons. The number of aryl methyl sites for hydroxylation is 1. The van der Waals surface area contributed by atoms with Crippen LogP contribution in [0.25, 0.3) is 0 Å². The summed E-state index contributed by atoms with van der Waals surface area (Å²) in [5.74, 6) is 1.69. The van der Waals surface area contributed by atoms with Crippen molar-refractivity contribution in [3.05, 3.63) is 53.6 Å². The molecule has 94 valence electrons. The number of rotatable bonds is 4. The number of nitrogen functional groups attached to an aromatic ring is 1. The minimum Gasteiger partial charge on any atom is -0.495 e. The first-order chi connectivity index (χ1) is 8.69. The Kier molecular flexibility index (Phi) is 4.15. The molecule has 2 aromatic rings. The van der Waals surface area contributed by atoms with Crippen molar-refractivity contribution in [2.75, 3.05) is 12.8 Å². The lowest BCUT2D eigenvalue weighted by Gasteiger charge is -2.07. The lowest BCUT2D eigenvalue weighted by atomic mass is 10.2. The van der Waals surface area contributed by atoms with Crippen molar-refractivity contribution in [1.29, 1.82) is 0 Å². The number of hydrogen-bond acceptors (Lipinski definition) is 3. The molecule has 0 unspecified atom stereocenters. The topological polar surface area (TPSA) is 35.2 Å². The molecule has 0 fully saturated rings. The molecule has 2 nitrogen and oxygen atoms in total. The SMILES string of the molecule is COc1cc(SCc2cccc(C)c2)ccc1N. The molecule has 0 saturated heterocycles. The second-order valence-electron chi connectivity index (χ2n) is 4.18. The zero-order chi connectivity index (χ0) is 13.0. The summed E-state index contributed by atoms with van der Waals surface area (Å²) in [4.78, 5) is 1.17. The summed E-state index contributed by atoms with van der Waals surface area (Å²) in [6, 6.07) is 14.5. The van der Waals surface area contributed by atoms with Gasteiger partial charge in [-0.1, -0.05) is 29.8 Å². The number of nitrogens with two attached hydrogens (primary N) is 1. The van der Waals surface area contributed by atoms with E-state index in [1.807, 2.05) is 18.2 Å². The number of benzene rings is 2. The van der Waals surface area contributed by atoms with Gasteiger partial charge in [0.25, 0.3) is 0 Å². The fraction of sp³-hybridized carbons (Fsp3) is 0.200. The molecule has 0 aromatic heterocycles. The molecule has 0 atom stereocenters. The van der Waals surface area contributed by atoms with Crippen LogP contribution in [0.3, 0.4) is 0 Å². The Labute approximate surface area is 112 Å². The molecular formula is C15H17NOS. The Bertz CT molecular complexity index is 540. The summed E-state index contributed by atoms with van der Waals surface area (Å²) < 4.78 is 5.22. The lowest BCUT2D eigenvalue weighted by molar-refractivity contribution is 0.416. The highest BCUT2D eigenvalue weighted by atomic mass is 32.2. The van der Waals surface area contributed by atoms with Gasteiger partial charge in [0.15, 0.2) is 0 Å². The van der Waals surface area contributed by atoms with Gasteiger partial charge in [0.05, 0.1) is 12.8 Å². The Morgan fingerprint density at radius 1 is 1.17 bits per heavy atom. The monoisotopic (exact) mass is 259 g/mol. The number of ether oxygens (including phenoxy) is 1. The maximum Gasteiger partial charge on any atom is 0.142 e. The molecule has 3 heteroatoms. The van der Waals surface area contributed by atoms with E-state index in [2.05, 4.69) is 31.2 Å². The third-order valence-corrected chi connectivity index (χ3v) is 3.76. The summed E-state index contributed by atoms with van der Waals surface area (Å²) in [5, 5.41) is 0. The van der Waals surface area contributed by atoms with Crippen LogP contribution in [0, 0.1) is 6.92 Å². The van der Waals surface area contributed by atoms with E-state index in [1.54, 1.807) is 18.9 Å². The highest BCUT2D eigenvalue weighted by Gasteiger charge is 2.02. The quantitative estimate of drug-likeness (QED) is 0.668. The van der Waals surface area contributed by atoms with Crippen LogP contribution in [0.5, 0.6) is 5.75 Å². The van der Waals surface area contributed by atoms with Crippen LogP contribution in [0.4, 0.5) is 5.69 Å². The predicted octanol–water partition coefficient (Wildman–Crippen LogP) is 3.88. The van der Waals surface area contributed by atoms with Crippen molar-refractivity contribution < 1.29 is 4.74 Å². The van der Waals surface area contributed by atoms with Crippen molar-refractivity contribution >= 4 is 17.4 Å². The predicted molar refractivity (Wildman–Crippen MR) is 78.1 cm³/mol. The minimum absolute atomic E-state index is 0.678. The van der Waals surface area contributed by atoms with Crippen LogP contribution in [0.2, 0.25) is 0 Å². The molecule has 0 heterocycles. The Balaban J connectivity index is 2.06. The molecule has 0 bridgehead atoms. The summed E-state index contributed by atoms with van der Waals surface area (Å²) >= 11 is 1.78. The Morgan fingerprint density at radius 3 is 2.72 bits per heavy atom. The fourth-order valence-electron chi connectivity index (χ4n) is 1.75. The van der Waals surface area contributed by atoms with E-state index in [-0.39, 0.29) is 0 Å². The van der Waals surface area contributed by atoms with Crippen LogP contribution in [0.15, 0.2) is 47.4 Å². The molecule has 18 heavy (non-hydrogen) atoms. The van der Waals surface area contributed by atoms with Gasteiger partial charge in [-0.3, -0.25) is 0 Å². The number of hydrogen-bond donors (Lipinski definition) is 1. The second kappa shape index (κ2) is 5.83. The van der Waals surface area contributed by atoms with E-state index in [0.29, 0.717) is 5.69 Å².